The number of nitrogens with two attached hydrogens (primary N) is 2. The first kappa shape index (κ1) is 15.1. The molecule has 112 valence electrons. The maximum atomic E-state index is 6.04. The summed E-state index contributed by atoms with van der Waals surface area (Å²) in [5.74, 6) is -0.767. The van der Waals surface area contributed by atoms with Gasteiger partial charge in [-0.1, -0.05) is 13.3 Å². The predicted molar refractivity (Wildman–Crippen MR) is 80.0 cm³/mol. The minimum absolute atomic E-state index is 0.323. The van der Waals surface area contributed by atoms with E-state index in [-0.39, 0.29) is 0 Å². The van der Waals surface area contributed by atoms with E-state index >= 15 is 0 Å². The second-order valence-electron chi connectivity index (χ2n) is 4.66. The Hall–Kier alpha value is -2.25. The lowest BCUT2D eigenvalue weighted by atomic mass is 10.2. The third kappa shape index (κ3) is 4.37. The summed E-state index contributed by atoms with van der Waals surface area (Å²) in [7, 11) is 0. The molecule has 1 aliphatic heterocycles. The summed E-state index contributed by atoms with van der Waals surface area (Å²) in [6, 6.07) is 3.59. The van der Waals surface area contributed by atoms with Crippen LogP contribution in [0.4, 0.5) is 5.69 Å². The van der Waals surface area contributed by atoms with Gasteiger partial charge >= 0.3 is 0 Å². The molecule has 5 N–H and O–H groups in total. The topological polar surface area (TPSA) is 111 Å². The van der Waals surface area contributed by atoms with Gasteiger partial charge in [-0.3, -0.25) is 10.7 Å². The van der Waals surface area contributed by atoms with Gasteiger partial charge in [0, 0.05) is 6.20 Å². The molecule has 0 saturated carbocycles. The van der Waals surface area contributed by atoms with Crippen molar-refractivity contribution in [3.8, 4) is 0 Å². The minimum atomic E-state index is -1.09. The molecule has 0 aromatic carbocycles. The predicted octanol–water partition coefficient (Wildman–Crippen LogP) is 1.88. The van der Waals surface area contributed by atoms with Crippen molar-refractivity contribution in [3.05, 3.63) is 48.2 Å². The lowest BCUT2D eigenvalue weighted by Crippen LogP contribution is -2.56. The molecule has 0 amide bonds. The Morgan fingerprint density at radius 1 is 1.43 bits per heavy atom. The van der Waals surface area contributed by atoms with Crippen LogP contribution in [0.2, 0.25) is 0 Å². The van der Waals surface area contributed by atoms with Crippen LogP contribution in [0.15, 0.2) is 58.4 Å². The van der Waals surface area contributed by atoms with Crippen LogP contribution in [0.25, 0.3) is 0 Å². The van der Waals surface area contributed by atoms with Gasteiger partial charge in [0.1, 0.15) is 17.2 Å². The molecule has 1 unspecified atom stereocenters. The van der Waals surface area contributed by atoms with Crippen molar-refractivity contribution in [3.63, 3.8) is 0 Å². The summed E-state index contributed by atoms with van der Waals surface area (Å²) < 4.78 is 5.58. The molecular formula is C14H20N6O. The Bertz CT molecular complexity index is 554. The molecule has 2 heterocycles. The van der Waals surface area contributed by atoms with E-state index in [1.165, 1.54) is 0 Å². The second kappa shape index (κ2) is 6.96. The molecule has 0 radical (unpaired) electrons. The first-order valence-corrected chi connectivity index (χ1v) is 6.85. The van der Waals surface area contributed by atoms with Gasteiger partial charge in [-0.05, 0) is 30.7 Å². The van der Waals surface area contributed by atoms with Crippen molar-refractivity contribution in [2.75, 3.05) is 6.61 Å². The van der Waals surface area contributed by atoms with Crippen molar-refractivity contribution in [2.45, 2.75) is 25.6 Å². The van der Waals surface area contributed by atoms with Gasteiger partial charge in [0.05, 0.1) is 12.8 Å². The van der Waals surface area contributed by atoms with Crippen LogP contribution < -0.4 is 16.8 Å². The Kier molecular flexibility index (Phi) is 5.02. The first-order chi connectivity index (χ1) is 10.1. The number of nitrogens with one attached hydrogen (secondary N) is 1. The number of azo groups is 1. The van der Waals surface area contributed by atoms with Crippen LogP contribution in [0, 0.1) is 0 Å². The summed E-state index contributed by atoms with van der Waals surface area (Å²) in [5, 5.41) is 11.0. The summed E-state index contributed by atoms with van der Waals surface area (Å²) in [5.41, 5.74) is 13.1. The van der Waals surface area contributed by atoms with Crippen molar-refractivity contribution in [1.29, 1.82) is 0 Å². The fraction of sp³-hybridized carbons (Fsp3) is 0.357. The molecule has 21 heavy (non-hydrogen) atoms. The molecule has 1 aliphatic rings. The fourth-order valence-corrected chi connectivity index (χ4v) is 1.69. The number of unbranched alkanes of at least 4 members (excludes halogenated alkanes) is 1. The third-order valence-corrected chi connectivity index (χ3v) is 2.85. The van der Waals surface area contributed by atoms with Gasteiger partial charge in [0.25, 0.3) is 0 Å². The average molecular weight is 288 g/mol. The SMILES string of the molecule is CCCCOC1(N)C=CC(N=Nc2cccnc2)=C(N)N1. The van der Waals surface area contributed by atoms with Gasteiger partial charge in [-0.2, -0.15) is 0 Å². The van der Waals surface area contributed by atoms with Gasteiger partial charge in [-0.15, -0.1) is 10.2 Å². The zero-order valence-electron chi connectivity index (χ0n) is 12.0. The Morgan fingerprint density at radius 2 is 2.29 bits per heavy atom. The largest absolute Gasteiger partial charge is 0.384 e. The highest BCUT2D eigenvalue weighted by molar-refractivity contribution is 5.33. The maximum absolute atomic E-state index is 6.04. The van der Waals surface area contributed by atoms with E-state index in [2.05, 4.69) is 27.5 Å². The number of pyridine rings is 1. The second-order valence-corrected chi connectivity index (χ2v) is 4.66. The fourth-order valence-electron chi connectivity index (χ4n) is 1.69. The molecule has 0 aliphatic carbocycles. The van der Waals surface area contributed by atoms with Gasteiger partial charge in [-0.25, -0.2) is 0 Å². The molecule has 0 spiro atoms. The molecule has 1 atom stereocenters. The number of allylic oxidation sites excluding steroid dienone is 1. The number of ether oxygens (including phenoxy) is 1. The zero-order valence-corrected chi connectivity index (χ0v) is 12.0. The minimum Gasteiger partial charge on any atom is -0.384 e. The van der Waals surface area contributed by atoms with E-state index in [0.717, 1.165) is 12.8 Å². The molecule has 0 bridgehead atoms. The van der Waals surface area contributed by atoms with Crippen LogP contribution in [0.3, 0.4) is 0 Å². The number of nitrogens with zero attached hydrogens (tertiary/aromatic N) is 3. The van der Waals surface area contributed by atoms with Gasteiger partial charge in [0.15, 0.2) is 0 Å². The number of hydrogen-bond acceptors (Lipinski definition) is 7. The molecule has 1 aromatic rings. The normalized spacial score (nSPS) is 21.8. The summed E-state index contributed by atoms with van der Waals surface area (Å²) in [4.78, 5) is 3.96. The Balaban J connectivity index is 2.01. The van der Waals surface area contributed by atoms with Crippen molar-refractivity contribution in [1.82, 2.24) is 10.3 Å². The number of rotatable bonds is 6. The van der Waals surface area contributed by atoms with Crippen LogP contribution >= 0.6 is 0 Å². The number of aromatic nitrogens is 1. The van der Waals surface area contributed by atoms with E-state index in [1.807, 2.05) is 0 Å². The van der Waals surface area contributed by atoms with Gasteiger partial charge < -0.3 is 15.8 Å². The lowest BCUT2D eigenvalue weighted by Gasteiger charge is -2.31. The van der Waals surface area contributed by atoms with Crippen molar-refractivity contribution >= 4 is 5.69 Å². The molecule has 1 aromatic heterocycles. The maximum Gasteiger partial charge on any atom is 0.214 e. The van der Waals surface area contributed by atoms with Crippen molar-refractivity contribution in [2.24, 2.45) is 21.7 Å². The molecule has 0 fully saturated rings. The average Bonchev–Trinajstić information content (AvgIpc) is 2.48. The monoisotopic (exact) mass is 288 g/mol. The lowest BCUT2D eigenvalue weighted by molar-refractivity contribution is -0.0250. The van der Waals surface area contributed by atoms with E-state index in [0.29, 0.717) is 23.8 Å². The standard InChI is InChI=1S/C14H20N6O/c1-2-3-9-21-14(16)7-6-12(13(15)18-14)20-19-11-5-4-8-17-10-11/h4-8,10,18H,2-3,9,15-16H2,1H3. The van der Waals surface area contributed by atoms with Crippen LogP contribution in [-0.2, 0) is 4.74 Å². The van der Waals surface area contributed by atoms with Crippen LogP contribution in [0.1, 0.15) is 19.8 Å². The van der Waals surface area contributed by atoms with E-state index in [9.17, 15) is 0 Å². The molecular weight excluding hydrogens is 268 g/mol. The number of dihydropyridines is 1. The summed E-state index contributed by atoms with van der Waals surface area (Å²) in [6.07, 6.45) is 8.63. The summed E-state index contributed by atoms with van der Waals surface area (Å²) >= 11 is 0. The summed E-state index contributed by atoms with van der Waals surface area (Å²) in [6.45, 7) is 2.64. The smallest absolute Gasteiger partial charge is 0.214 e. The third-order valence-electron chi connectivity index (χ3n) is 2.85. The van der Waals surface area contributed by atoms with Crippen LogP contribution in [-0.4, -0.2) is 17.4 Å². The van der Waals surface area contributed by atoms with Crippen LogP contribution in [0.5, 0.6) is 0 Å². The van der Waals surface area contributed by atoms with E-state index < -0.39 is 5.85 Å². The molecule has 2 rings (SSSR count). The first-order valence-electron chi connectivity index (χ1n) is 6.85. The van der Waals surface area contributed by atoms with E-state index in [4.69, 9.17) is 16.2 Å². The molecule has 0 saturated heterocycles. The highest BCUT2D eigenvalue weighted by Crippen LogP contribution is 2.18. The zero-order chi connectivity index (χ0) is 15.1. The molecule has 7 heteroatoms. The number of hydrogen-bond donors (Lipinski definition) is 3. The highest BCUT2D eigenvalue weighted by Gasteiger charge is 2.26. The Morgan fingerprint density at radius 3 is 2.95 bits per heavy atom. The quantitative estimate of drug-likeness (QED) is 0.420. The Labute approximate surface area is 123 Å². The van der Waals surface area contributed by atoms with Gasteiger partial charge in [0.2, 0.25) is 5.85 Å². The molecule has 7 nitrogen and oxygen atoms in total. The van der Waals surface area contributed by atoms with E-state index in [1.54, 1.807) is 36.7 Å². The highest BCUT2D eigenvalue weighted by atomic mass is 16.5. The van der Waals surface area contributed by atoms with Crippen molar-refractivity contribution < 1.29 is 4.74 Å².